The molecule has 0 amide bonds. The van der Waals surface area contributed by atoms with Crippen molar-refractivity contribution in [2.75, 3.05) is 0 Å². The van der Waals surface area contributed by atoms with Crippen molar-refractivity contribution in [2.24, 2.45) is 15.4 Å². The van der Waals surface area contributed by atoms with E-state index in [1.54, 1.807) is 21.3 Å². The van der Waals surface area contributed by atoms with Gasteiger partial charge in [-0.05, 0) is 58.3 Å². The molecule has 0 heterocycles. The van der Waals surface area contributed by atoms with Crippen LogP contribution in [-0.4, -0.2) is 36.2 Å². The number of nitrogens with zero attached hydrogens (tertiary/aromatic N) is 2. The molecule has 0 saturated heterocycles. The van der Waals surface area contributed by atoms with Gasteiger partial charge in [0.2, 0.25) is 0 Å². The standard InChI is InChI=1S/C19H30BN2O2/c1-13(17(2,3)4)22-15-12-10-11-14(16(15)21-9)20-24-19(7,8)18(5,6)23/h10-12,23H,9H2,1-8H3. The molecular weight excluding hydrogens is 299 g/mol. The summed E-state index contributed by atoms with van der Waals surface area (Å²) in [6.45, 7) is 19.2. The van der Waals surface area contributed by atoms with Crippen molar-refractivity contribution < 1.29 is 9.76 Å². The lowest BCUT2D eigenvalue weighted by Crippen LogP contribution is -2.49. The van der Waals surface area contributed by atoms with Crippen molar-refractivity contribution in [1.82, 2.24) is 0 Å². The van der Waals surface area contributed by atoms with Crippen LogP contribution in [-0.2, 0) is 4.65 Å². The molecule has 1 aromatic carbocycles. The fraction of sp³-hybridized carbons (Fsp3) is 0.579. The summed E-state index contributed by atoms with van der Waals surface area (Å²) in [5, 5.41) is 10.2. The number of hydrogen-bond acceptors (Lipinski definition) is 4. The van der Waals surface area contributed by atoms with Gasteiger partial charge in [0.25, 0.3) is 0 Å². The van der Waals surface area contributed by atoms with Crippen LogP contribution in [0.4, 0.5) is 11.4 Å². The molecule has 0 bridgehead atoms. The normalized spacial score (nSPS) is 13.8. The van der Waals surface area contributed by atoms with Crippen molar-refractivity contribution in [3.8, 4) is 0 Å². The van der Waals surface area contributed by atoms with Crippen LogP contribution in [0.2, 0.25) is 0 Å². The average Bonchev–Trinajstić information content (AvgIpc) is 2.43. The number of para-hydroxylation sites is 1. The number of benzene rings is 1. The predicted molar refractivity (Wildman–Crippen MR) is 105 cm³/mol. The second-order valence-corrected chi connectivity index (χ2v) is 8.13. The molecule has 131 valence electrons. The first-order valence-electron chi connectivity index (χ1n) is 8.18. The molecule has 0 unspecified atom stereocenters. The highest BCUT2D eigenvalue weighted by Crippen LogP contribution is 2.29. The molecule has 1 aromatic rings. The fourth-order valence-electron chi connectivity index (χ4n) is 1.61. The maximum absolute atomic E-state index is 10.2. The van der Waals surface area contributed by atoms with Gasteiger partial charge in [-0.1, -0.05) is 32.9 Å². The van der Waals surface area contributed by atoms with E-state index in [2.05, 4.69) is 32.5 Å². The van der Waals surface area contributed by atoms with Gasteiger partial charge in [0.1, 0.15) is 0 Å². The highest BCUT2D eigenvalue weighted by atomic mass is 16.5. The lowest BCUT2D eigenvalue weighted by molar-refractivity contribution is -0.0893. The molecule has 0 aliphatic heterocycles. The maximum Gasteiger partial charge on any atom is 0.333 e. The quantitative estimate of drug-likeness (QED) is 0.634. The number of aliphatic imine (C=N–C) groups is 2. The van der Waals surface area contributed by atoms with Gasteiger partial charge >= 0.3 is 7.48 Å². The third-order valence-corrected chi connectivity index (χ3v) is 4.53. The molecule has 1 N–H and O–H groups in total. The molecular formula is C19H30BN2O2. The van der Waals surface area contributed by atoms with Crippen molar-refractivity contribution in [1.29, 1.82) is 0 Å². The van der Waals surface area contributed by atoms with E-state index in [1.807, 2.05) is 39.0 Å². The first kappa shape index (κ1) is 20.6. The Hall–Kier alpha value is -1.46. The van der Waals surface area contributed by atoms with E-state index in [4.69, 9.17) is 9.65 Å². The zero-order chi connectivity index (χ0) is 18.8. The Morgan fingerprint density at radius 2 is 1.71 bits per heavy atom. The largest absolute Gasteiger partial charge is 0.427 e. The van der Waals surface area contributed by atoms with E-state index in [-0.39, 0.29) is 5.41 Å². The van der Waals surface area contributed by atoms with Crippen molar-refractivity contribution >= 4 is 36.7 Å². The van der Waals surface area contributed by atoms with Crippen LogP contribution in [0.3, 0.4) is 0 Å². The molecule has 0 aromatic heterocycles. The molecule has 1 radical (unpaired) electrons. The molecule has 0 atom stereocenters. The van der Waals surface area contributed by atoms with Crippen molar-refractivity contribution in [3.05, 3.63) is 18.2 Å². The van der Waals surface area contributed by atoms with Crippen LogP contribution in [0.25, 0.3) is 0 Å². The Balaban J connectivity index is 3.16. The van der Waals surface area contributed by atoms with E-state index in [1.165, 1.54) is 0 Å². The molecule has 0 aliphatic carbocycles. The van der Waals surface area contributed by atoms with Crippen LogP contribution in [0.1, 0.15) is 55.4 Å². The van der Waals surface area contributed by atoms with E-state index in [9.17, 15) is 5.11 Å². The fourth-order valence-corrected chi connectivity index (χ4v) is 1.61. The van der Waals surface area contributed by atoms with E-state index >= 15 is 0 Å². The first-order chi connectivity index (χ1) is 10.8. The second kappa shape index (κ2) is 7.20. The molecule has 5 heteroatoms. The molecule has 0 spiro atoms. The van der Waals surface area contributed by atoms with Crippen LogP contribution >= 0.6 is 0 Å². The summed E-state index contributed by atoms with van der Waals surface area (Å²) >= 11 is 0. The van der Waals surface area contributed by atoms with Crippen molar-refractivity contribution in [2.45, 2.75) is 66.6 Å². The van der Waals surface area contributed by atoms with Gasteiger partial charge in [-0.25, -0.2) is 0 Å². The van der Waals surface area contributed by atoms with Crippen LogP contribution < -0.4 is 5.46 Å². The highest BCUT2D eigenvalue weighted by molar-refractivity contribution is 6.50. The summed E-state index contributed by atoms with van der Waals surface area (Å²) in [6.07, 6.45) is 0. The van der Waals surface area contributed by atoms with Gasteiger partial charge < -0.3 is 9.76 Å². The number of aliphatic hydroxyl groups is 1. The molecule has 0 fully saturated rings. The van der Waals surface area contributed by atoms with E-state index in [0.717, 1.165) is 16.9 Å². The summed E-state index contributed by atoms with van der Waals surface area (Å²) in [6, 6.07) is 5.73. The Labute approximate surface area is 147 Å². The zero-order valence-electron chi connectivity index (χ0n) is 16.3. The minimum Gasteiger partial charge on any atom is -0.427 e. The molecule has 0 saturated carbocycles. The predicted octanol–water partition coefficient (Wildman–Crippen LogP) is 3.97. The lowest BCUT2D eigenvalue weighted by Gasteiger charge is -2.37. The zero-order valence-corrected chi connectivity index (χ0v) is 16.3. The Morgan fingerprint density at radius 3 is 2.17 bits per heavy atom. The molecule has 4 nitrogen and oxygen atoms in total. The Bertz CT molecular complexity index is 623. The highest BCUT2D eigenvalue weighted by Gasteiger charge is 2.36. The third kappa shape index (κ3) is 5.02. The molecule has 1 rings (SSSR count). The van der Waals surface area contributed by atoms with E-state index < -0.39 is 11.2 Å². The summed E-state index contributed by atoms with van der Waals surface area (Å²) < 4.78 is 5.84. The van der Waals surface area contributed by atoms with Crippen LogP contribution in [0, 0.1) is 5.41 Å². The third-order valence-electron chi connectivity index (χ3n) is 4.53. The number of rotatable bonds is 6. The van der Waals surface area contributed by atoms with Gasteiger partial charge in [0.15, 0.2) is 0 Å². The Kier molecular flexibility index (Phi) is 6.17. The smallest absolute Gasteiger partial charge is 0.333 e. The SMILES string of the molecule is C=Nc1c([B]OC(C)(C)C(C)(C)O)cccc1N=C(C)C(C)(C)C. The van der Waals surface area contributed by atoms with Gasteiger partial charge in [0, 0.05) is 5.71 Å². The monoisotopic (exact) mass is 329 g/mol. The first-order valence-corrected chi connectivity index (χ1v) is 8.18. The van der Waals surface area contributed by atoms with Gasteiger partial charge in [-0.15, -0.1) is 0 Å². The molecule has 24 heavy (non-hydrogen) atoms. The summed E-state index contributed by atoms with van der Waals surface area (Å²) in [7, 11) is 1.62. The minimum atomic E-state index is -0.982. The Morgan fingerprint density at radius 1 is 1.12 bits per heavy atom. The summed E-state index contributed by atoms with van der Waals surface area (Å²) in [5.41, 5.74) is 1.49. The second-order valence-electron chi connectivity index (χ2n) is 8.13. The minimum absolute atomic E-state index is 0.0163. The van der Waals surface area contributed by atoms with Gasteiger partial charge in [-0.3, -0.25) is 9.98 Å². The topological polar surface area (TPSA) is 54.2 Å². The summed E-state index contributed by atoms with van der Waals surface area (Å²) in [4.78, 5) is 8.85. The number of hydrogen-bond donors (Lipinski definition) is 1. The van der Waals surface area contributed by atoms with Gasteiger partial charge in [0.05, 0.1) is 22.6 Å². The van der Waals surface area contributed by atoms with Crippen molar-refractivity contribution in [3.63, 3.8) is 0 Å². The summed E-state index contributed by atoms with van der Waals surface area (Å²) in [5.74, 6) is 0. The van der Waals surface area contributed by atoms with Gasteiger partial charge in [-0.2, -0.15) is 0 Å². The van der Waals surface area contributed by atoms with E-state index in [0.29, 0.717) is 5.69 Å². The maximum atomic E-state index is 10.2. The molecule has 0 aliphatic rings. The average molecular weight is 329 g/mol. The van der Waals surface area contributed by atoms with Crippen LogP contribution in [0.5, 0.6) is 0 Å². The van der Waals surface area contributed by atoms with Crippen LogP contribution in [0.15, 0.2) is 28.2 Å². The lowest BCUT2D eigenvalue weighted by atomic mass is 9.81.